The van der Waals surface area contributed by atoms with E-state index in [1.165, 1.54) is 34.9 Å². The first kappa shape index (κ1) is 20.5. The predicted octanol–water partition coefficient (Wildman–Crippen LogP) is 4.32. The number of ether oxygens (including phenoxy) is 2. The number of hydrogen-bond acceptors (Lipinski definition) is 5. The molecule has 0 N–H and O–H groups in total. The van der Waals surface area contributed by atoms with E-state index in [1.54, 1.807) is 13.8 Å². The van der Waals surface area contributed by atoms with Crippen LogP contribution in [0.2, 0.25) is 5.02 Å². The van der Waals surface area contributed by atoms with Crippen molar-refractivity contribution in [3.05, 3.63) is 75.8 Å². The summed E-state index contributed by atoms with van der Waals surface area (Å²) < 4.78 is 24.9. The third kappa shape index (κ3) is 3.86. The van der Waals surface area contributed by atoms with E-state index in [0.717, 1.165) is 12.1 Å². The maximum atomic E-state index is 13.3. The minimum Gasteiger partial charge on any atom is -0.462 e. The molecule has 0 fully saturated rings. The van der Waals surface area contributed by atoms with Gasteiger partial charge in [0.1, 0.15) is 22.6 Å². The second-order valence-corrected chi connectivity index (χ2v) is 6.41. The quantitative estimate of drug-likeness (QED) is 0.441. The van der Waals surface area contributed by atoms with Crippen molar-refractivity contribution in [2.75, 3.05) is 13.2 Å². The molecule has 0 unspecified atom stereocenters. The van der Waals surface area contributed by atoms with Gasteiger partial charge in [-0.2, -0.15) is 0 Å². The molecule has 0 saturated heterocycles. The minimum absolute atomic E-state index is 0.0399. The van der Waals surface area contributed by atoms with Crippen LogP contribution in [0, 0.1) is 5.82 Å². The molecule has 0 radical (unpaired) electrons. The van der Waals surface area contributed by atoms with Gasteiger partial charge in [0.05, 0.1) is 18.7 Å². The number of carbonyl (C=O) groups excluding carboxylic acids is 3. The molecule has 0 atom stereocenters. The molecule has 0 spiro atoms. The molecule has 3 rings (SSSR count). The molecular formula is C21H17ClFNO5. The highest BCUT2D eigenvalue weighted by Gasteiger charge is 2.33. The van der Waals surface area contributed by atoms with Crippen molar-refractivity contribution in [1.29, 1.82) is 0 Å². The van der Waals surface area contributed by atoms with Gasteiger partial charge in [0.2, 0.25) is 5.78 Å². The normalized spacial score (nSPS) is 10.8. The lowest BCUT2D eigenvalue weighted by atomic mass is 10.0. The zero-order valence-electron chi connectivity index (χ0n) is 15.7. The molecular weight excluding hydrogens is 401 g/mol. The summed E-state index contributed by atoms with van der Waals surface area (Å²) in [6.45, 7) is 3.34. The first-order chi connectivity index (χ1) is 13.9. The summed E-state index contributed by atoms with van der Waals surface area (Å²) in [5.41, 5.74) is -0.0592. The minimum atomic E-state index is -0.846. The Bertz CT molecular complexity index is 1100. The molecule has 0 aliphatic carbocycles. The fourth-order valence-corrected chi connectivity index (χ4v) is 3.16. The lowest BCUT2D eigenvalue weighted by Gasteiger charge is -2.07. The molecule has 6 nitrogen and oxygen atoms in total. The van der Waals surface area contributed by atoms with Crippen LogP contribution in [0.1, 0.15) is 50.6 Å². The Hall–Kier alpha value is -3.19. The fraction of sp³-hybridized carbons (Fsp3) is 0.190. The number of aromatic nitrogens is 1. The molecule has 0 saturated carbocycles. The van der Waals surface area contributed by atoms with Crippen molar-refractivity contribution < 1.29 is 28.2 Å². The van der Waals surface area contributed by atoms with Gasteiger partial charge in [-0.25, -0.2) is 14.0 Å². The van der Waals surface area contributed by atoms with Crippen LogP contribution < -0.4 is 0 Å². The van der Waals surface area contributed by atoms with Crippen LogP contribution >= 0.6 is 11.6 Å². The Kier molecular flexibility index (Phi) is 5.98. The van der Waals surface area contributed by atoms with Crippen molar-refractivity contribution in [2.24, 2.45) is 0 Å². The monoisotopic (exact) mass is 417 g/mol. The number of esters is 2. The average Bonchev–Trinajstić information content (AvgIpc) is 3.02. The Balaban J connectivity index is 2.36. The van der Waals surface area contributed by atoms with Crippen molar-refractivity contribution in [3.63, 3.8) is 0 Å². The van der Waals surface area contributed by atoms with E-state index in [-0.39, 0.29) is 41.1 Å². The number of rotatable bonds is 6. The molecule has 1 aromatic carbocycles. The van der Waals surface area contributed by atoms with Gasteiger partial charge in [-0.1, -0.05) is 11.6 Å². The first-order valence-corrected chi connectivity index (χ1v) is 9.24. The summed E-state index contributed by atoms with van der Waals surface area (Å²) >= 11 is 6.08. The standard InChI is InChI=1S/C21H17ClFNO5/c1-3-28-20(26)16-15-11-13(22)9-10-24(15)18(17(16)21(27)29-4-2)19(25)12-5-7-14(23)8-6-12/h5-11H,3-4H2,1-2H3. The number of nitrogens with zero attached hydrogens (tertiary/aromatic N) is 1. The summed E-state index contributed by atoms with van der Waals surface area (Å²) in [4.78, 5) is 38.7. The van der Waals surface area contributed by atoms with Crippen LogP contribution in [-0.2, 0) is 9.47 Å². The maximum absolute atomic E-state index is 13.3. The zero-order valence-corrected chi connectivity index (χ0v) is 16.5. The number of halogens is 2. The smallest absolute Gasteiger partial charge is 0.341 e. The van der Waals surface area contributed by atoms with E-state index in [1.807, 2.05) is 0 Å². The third-order valence-electron chi connectivity index (χ3n) is 4.18. The van der Waals surface area contributed by atoms with E-state index in [0.29, 0.717) is 5.02 Å². The molecule has 0 amide bonds. The van der Waals surface area contributed by atoms with E-state index < -0.39 is 23.5 Å². The molecule has 0 aliphatic heterocycles. The van der Waals surface area contributed by atoms with Crippen LogP contribution in [0.3, 0.4) is 0 Å². The van der Waals surface area contributed by atoms with Crippen LogP contribution in [0.5, 0.6) is 0 Å². The Labute approximate surface area is 170 Å². The SMILES string of the molecule is CCOC(=O)c1c(C(=O)OCC)c2cc(Cl)ccn2c1C(=O)c1ccc(F)cc1. The van der Waals surface area contributed by atoms with E-state index >= 15 is 0 Å². The summed E-state index contributed by atoms with van der Waals surface area (Å²) in [7, 11) is 0. The van der Waals surface area contributed by atoms with E-state index in [2.05, 4.69) is 0 Å². The highest BCUT2D eigenvalue weighted by Crippen LogP contribution is 2.30. The van der Waals surface area contributed by atoms with Crippen molar-refractivity contribution in [2.45, 2.75) is 13.8 Å². The van der Waals surface area contributed by atoms with Gasteiger partial charge in [-0.05, 0) is 50.2 Å². The highest BCUT2D eigenvalue weighted by atomic mass is 35.5. The number of pyridine rings is 1. The highest BCUT2D eigenvalue weighted by molar-refractivity contribution is 6.31. The Morgan fingerprint density at radius 2 is 1.55 bits per heavy atom. The summed E-state index contributed by atoms with van der Waals surface area (Å²) in [6.07, 6.45) is 1.47. The van der Waals surface area contributed by atoms with Gasteiger partial charge in [-0.15, -0.1) is 0 Å². The summed E-state index contributed by atoms with van der Waals surface area (Å²) in [5.74, 6) is -2.72. The largest absolute Gasteiger partial charge is 0.462 e. The van der Waals surface area contributed by atoms with Gasteiger partial charge in [0.25, 0.3) is 0 Å². The molecule has 2 aromatic heterocycles. The molecule has 0 bridgehead atoms. The molecule has 3 aromatic rings. The fourth-order valence-electron chi connectivity index (χ4n) is 3.00. The predicted molar refractivity (Wildman–Crippen MR) is 104 cm³/mol. The Morgan fingerprint density at radius 1 is 0.966 bits per heavy atom. The van der Waals surface area contributed by atoms with Gasteiger partial charge in [-0.3, -0.25) is 4.79 Å². The lowest BCUT2D eigenvalue weighted by molar-refractivity contribution is 0.0480. The average molecular weight is 418 g/mol. The molecule has 150 valence electrons. The van der Waals surface area contributed by atoms with Gasteiger partial charge in [0.15, 0.2) is 0 Å². The lowest BCUT2D eigenvalue weighted by Crippen LogP contribution is -2.16. The molecule has 2 heterocycles. The second-order valence-electron chi connectivity index (χ2n) is 5.98. The summed E-state index contributed by atoms with van der Waals surface area (Å²) in [5, 5.41) is 0.303. The zero-order chi connectivity index (χ0) is 21.1. The first-order valence-electron chi connectivity index (χ1n) is 8.87. The molecule has 8 heteroatoms. The van der Waals surface area contributed by atoms with Crippen LogP contribution in [0.4, 0.5) is 4.39 Å². The van der Waals surface area contributed by atoms with Gasteiger partial charge >= 0.3 is 11.9 Å². The maximum Gasteiger partial charge on any atom is 0.341 e. The summed E-state index contributed by atoms with van der Waals surface area (Å²) in [6, 6.07) is 7.84. The number of ketones is 1. The number of carbonyl (C=O) groups is 3. The van der Waals surface area contributed by atoms with Gasteiger partial charge in [0, 0.05) is 16.8 Å². The van der Waals surface area contributed by atoms with E-state index in [4.69, 9.17) is 21.1 Å². The third-order valence-corrected chi connectivity index (χ3v) is 4.42. The molecule has 0 aliphatic rings. The topological polar surface area (TPSA) is 74.1 Å². The van der Waals surface area contributed by atoms with Gasteiger partial charge < -0.3 is 13.9 Å². The van der Waals surface area contributed by atoms with E-state index in [9.17, 15) is 18.8 Å². The van der Waals surface area contributed by atoms with Crippen molar-refractivity contribution in [3.8, 4) is 0 Å². The number of hydrogen-bond donors (Lipinski definition) is 0. The Morgan fingerprint density at radius 3 is 2.14 bits per heavy atom. The van der Waals surface area contributed by atoms with Crippen LogP contribution in [0.25, 0.3) is 5.52 Å². The number of fused-ring (bicyclic) bond motifs is 1. The second kappa shape index (κ2) is 8.45. The van der Waals surface area contributed by atoms with Crippen LogP contribution in [0.15, 0.2) is 42.6 Å². The van der Waals surface area contributed by atoms with Crippen molar-refractivity contribution >= 4 is 34.8 Å². The van der Waals surface area contributed by atoms with Crippen LogP contribution in [-0.4, -0.2) is 35.3 Å². The van der Waals surface area contributed by atoms with Crippen molar-refractivity contribution in [1.82, 2.24) is 4.40 Å². The number of benzene rings is 1. The molecule has 29 heavy (non-hydrogen) atoms.